The van der Waals surface area contributed by atoms with Gasteiger partial charge < -0.3 is 10.2 Å². The number of aromatic hydroxyl groups is 1. The quantitative estimate of drug-likeness (QED) is 0.894. The molecule has 1 amide bonds. The van der Waals surface area contributed by atoms with E-state index in [0.717, 1.165) is 0 Å². The second kappa shape index (κ2) is 6.21. The van der Waals surface area contributed by atoms with Crippen molar-refractivity contribution in [2.45, 2.75) is 12.3 Å². The van der Waals surface area contributed by atoms with E-state index in [1.54, 1.807) is 18.2 Å². The van der Waals surface area contributed by atoms with Crippen molar-refractivity contribution in [3.05, 3.63) is 60.2 Å². The molecule has 0 aromatic heterocycles. The third kappa shape index (κ3) is 3.20. The van der Waals surface area contributed by atoms with Crippen LogP contribution in [0.5, 0.6) is 5.75 Å². The molecule has 2 aromatic carbocycles. The normalized spacial score (nSPS) is 19.0. The molecule has 2 N–H and O–H groups in total. The molecule has 1 aliphatic heterocycles. The third-order valence-electron chi connectivity index (χ3n) is 3.82. The van der Waals surface area contributed by atoms with E-state index in [4.69, 9.17) is 0 Å². The van der Waals surface area contributed by atoms with Crippen LogP contribution in [0.25, 0.3) is 0 Å². The fraction of sp³-hybridized carbons (Fsp3) is 0.176. The summed E-state index contributed by atoms with van der Waals surface area (Å²) >= 11 is 0. The number of halogens is 3. The van der Waals surface area contributed by atoms with Crippen LogP contribution in [-0.2, 0) is 4.79 Å². The molecule has 1 aliphatic rings. The minimum Gasteiger partial charge on any atom is -0.508 e. The standard InChI is InChI=1S/C17H13F3N2O3/c18-17(19,20)15-13(14(24)10-6-8-12(23)9-7-10)16(25)22(21-15)11-4-2-1-3-5-11/h1-9,13-14,23-24H/t13-,14-/m1/s1. The lowest BCUT2D eigenvalue weighted by Gasteiger charge is -2.20. The van der Waals surface area contributed by atoms with Crippen molar-refractivity contribution in [1.82, 2.24) is 0 Å². The molecule has 5 nitrogen and oxygen atoms in total. The Hall–Kier alpha value is -2.87. The van der Waals surface area contributed by atoms with Crippen molar-refractivity contribution in [3.63, 3.8) is 0 Å². The first kappa shape index (κ1) is 17.0. The van der Waals surface area contributed by atoms with Crippen LogP contribution in [0.3, 0.4) is 0 Å². The molecule has 0 spiro atoms. The first-order valence-electron chi connectivity index (χ1n) is 7.31. The molecule has 0 fully saturated rings. The van der Waals surface area contributed by atoms with E-state index in [1.165, 1.54) is 36.4 Å². The number of benzene rings is 2. The van der Waals surface area contributed by atoms with Gasteiger partial charge in [-0.1, -0.05) is 30.3 Å². The highest BCUT2D eigenvalue weighted by Gasteiger charge is 2.53. The molecule has 0 bridgehead atoms. The smallest absolute Gasteiger partial charge is 0.432 e. The Balaban J connectivity index is 2.01. The number of carbonyl (C=O) groups excluding carboxylic acids is 1. The van der Waals surface area contributed by atoms with Crippen LogP contribution in [0.1, 0.15) is 11.7 Å². The summed E-state index contributed by atoms with van der Waals surface area (Å²) in [5.41, 5.74) is -1.11. The van der Waals surface area contributed by atoms with E-state index in [0.29, 0.717) is 5.01 Å². The number of carbonyl (C=O) groups is 1. The van der Waals surface area contributed by atoms with E-state index in [1.807, 2.05) is 0 Å². The van der Waals surface area contributed by atoms with Crippen LogP contribution < -0.4 is 5.01 Å². The molecule has 0 unspecified atom stereocenters. The maximum atomic E-state index is 13.4. The second-order valence-electron chi connectivity index (χ2n) is 5.48. The Morgan fingerprint density at radius 1 is 1.04 bits per heavy atom. The molecule has 2 aromatic rings. The van der Waals surface area contributed by atoms with Gasteiger partial charge in [0, 0.05) is 0 Å². The van der Waals surface area contributed by atoms with Gasteiger partial charge in [0.15, 0.2) is 5.71 Å². The average molecular weight is 350 g/mol. The molecule has 0 aliphatic carbocycles. The van der Waals surface area contributed by atoms with E-state index in [9.17, 15) is 28.2 Å². The number of hydrazone groups is 1. The second-order valence-corrected chi connectivity index (χ2v) is 5.48. The number of phenols is 1. The highest BCUT2D eigenvalue weighted by atomic mass is 19.4. The number of hydrogen-bond acceptors (Lipinski definition) is 4. The summed E-state index contributed by atoms with van der Waals surface area (Å²) in [6.07, 6.45) is -6.62. The van der Waals surface area contributed by atoms with E-state index >= 15 is 0 Å². The zero-order chi connectivity index (χ0) is 18.2. The van der Waals surface area contributed by atoms with E-state index < -0.39 is 29.8 Å². The molecular weight excluding hydrogens is 337 g/mol. The van der Waals surface area contributed by atoms with Crippen LogP contribution in [0.2, 0.25) is 0 Å². The molecular formula is C17H13F3N2O3. The highest BCUT2D eigenvalue weighted by molar-refractivity contribution is 6.17. The van der Waals surface area contributed by atoms with Gasteiger partial charge in [-0.2, -0.15) is 23.3 Å². The van der Waals surface area contributed by atoms with Gasteiger partial charge in [-0.25, -0.2) is 0 Å². The summed E-state index contributed by atoms with van der Waals surface area (Å²) in [5.74, 6) is -2.96. The van der Waals surface area contributed by atoms with Crippen LogP contribution >= 0.6 is 0 Å². The molecule has 3 rings (SSSR count). The Morgan fingerprint density at radius 2 is 1.64 bits per heavy atom. The number of hydrogen-bond donors (Lipinski definition) is 2. The number of anilines is 1. The Bertz CT molecular complexity index is 804. The van der Waals surface area contributed by atoms with Crippen molar-refractivity contribution in [2.75, 3.05) is 5.01 Å². The molecule has 8 heteroatoms. The highest BCUT2D eigenvalue weighted by Crippen LogP contribution is 2.38. The molecule has 0 saturated carbocycles. The van der Waals surface area contributed by atoms with Gasteiger partial charge >= 0.3 is 6.18 Å². The lowest BCUT2D eigenvalue weighted by Crippen LogP contribution is -2.37. The maximum absolute atomic E-state index is 13.4. The minimum absolute atomic E-state index is 0.0722. The summed E-state index contributed by atoms with van der Waals surface area (Å²) in [6, 6.07) is 12.6. The zero-order valence-corrected chi connectivity index (χ0v) is 12.7. The molecule has 130 valence electrons. The van der Waals surface area contributed by atoms with Crippen molar-refractivity contribution in [1.29, 1.82) is 0 Å². The van der Waals surface area contributed by atoms with Gasteiger partial charge in [0.25, 0.3) is 5.91 Å². The molecule has 25 heavy (non-hydrogen) atoms. The largest absolute Gasteiger partial charge is 0.508 e. The summed E-state index contributed by atoms with van der Waals surface area (Å²) in [7, 11) is 0. The maximum Gasteiger partial charge on any atom is 0.432 e. The minimum atomic E-state index is -4.87. The van der Waals surface area contributed by atoms with Crippen LogP contribution in [-0.4, -0.2) is 28.0 Å². The predicted molar refractivity (Wildman–Crippen MR) is 84.0 cm³/mol. The fourth-order valence-corrected chi connectivity index (χ4v) is 2.60. The van der Waals surface area contributed by atoms with Crippen molar-refractivity contribution in [3.8, 4) is 5.75 Å². The summed E-state index contributed by atoms with van der Waals surface area (Å²) in [5, 5.41) is 23.7. The van der Waals surface area contributed by atoms with Gasteiger partial charge in [-0.15, -0.1) is 0 Å². The Labute approximate surface area is 140 Å². The van der Waals surface area contributed by atoms with Gasteiger partial charge in [-0.3, -0.25) is 4.79 Å². The number of alkyl halides is 3. The lowest BCUT2D eigenvalue weighted by atomic mass is 9.91. The summed E-state index contributed by atoms with van der Waals surface area (Å²) < 4.78 is 40.1. The monoisotopic (exact) mass is 350 g/mol. The number of aliphatic hydroxyl groups excluding tert-OH is 1. The molecule has 0 saturated heterocycles. The third-order valence-corrected chi connectivity index (χ3v) is 3.82. The topological polar surface area (TPSA) is 73.1 Å². The lowest BCUT2D eigenvalue weighted by molar-refractivity contribution is -0.123. The predicted octanol–water partition coefficient (Wildman–Crippen LogP) is 3.01. The Morgan fingerprint density at radius 3 is 2.20 bits per heavy atom. The zero-order valence-electron chi connectivity index (χ0n) is 12.7. The van der Waals surface area contributed by atoms with Crippen LogP contribution in [0.4, 0.5) is 18.9 Å². The van der Waals surface area contributed by atoms with Crippen molar-refractivity contribution < 1.29 is 28.2 Å². The molecule has 1 heterocycles. The van der Waals surface area contributed by atoms with Crippen molar-refractivity contribution in [2.24, 2.45) is 11.0 Å². The van der Waals surface area contributed by atoms with Gasteiger partial charge in [0.2, 0.25) is 0 Å². The number of amides is 1. The van der Waals surface area contributed by atoms with Gasteiger partial charge in [0.1, 0.15) is 11.7 Å². The fourth-order valence-electron chi connectivity index (χ4n) is 2.60. The van der Waals surface area contributed by atoms with Crippen molar-refractivity contribution >= 4 is 17.3 Å². The number of rotatable bonds is 3. The SMILES string of the molecule is O=C1[C@H]([C@H](O)c2ccc(O)cc2)C(C(F)(F)F)=NN1c1ccccc1. The van der Waals surface area contributed by atoms with Crippen LogP contribution in [0.15, 0.2) is 59.7 Å². The van der Waals surface area contributed by atoms with E-state index in [2.05, 4.69) is 5.10 Å². The number of para-hydroxylation sites is 1. The summed E-state index contributed by atoms with van der Waals surface area (Å²) in [6.45, 7) is 0. The number of aliphatic hydroxyl groups is 1. The first-order valence-corrected chi connectivity index (χ1v) is 7.31. The molecule has 2 atom stereocenters. The Kier molecular flexibility index (Phi) is 4.22. The number of nitrogens with zero attached hydrogens (tertiary/aromatic N) is 2. The van der Waals surface area contributed by atoms with Gasteiger partial charge in [0.05, 0.1) is 11.8 Å². The summed E-state index contributed by atoms with van der Waals surface area (Å²) in [4.78, 5) is 12.5. The number of phenolic OH excluding ortho intramolecular Hbond substituents is 1. The molecule has 0 radical (unpaired) electrons. The van der Waals surface area contributed by atoms with E-state index in [-0.39, 0.29) is 17.0 Å². The average Bonchev–Trinajstić information content (AvgIpc) is 2.93. The van der Waals surface area contributed by atoms with Gasteiger partial charge in [-0.05, 0) is 29.8 Å². The first-order chi connectivity index (χ1) is 11.8. The van der Waals surface area contributed by atoms with Crippen LogP contribution in [0, 0.1) is 5.92 Å².